The highest BCUT2D eigenvalue weighted by Gasteiger charge is 1.97. The van der Waals surface area contributed by atoms with Crippen molar-refractivity contribution in [3.63, 3.8) is 0 Å². The summed E-state index contributed by atoms with van der Waals surface area (Å²) in [5.41, 5.74) is 0. The molecule has 0 fully saturated rings. The zero-order valence-corrected chi connectivity index (χ0v) is 7.60. The van der Waals surface area contributed by atoms with E-state index < -0.39 is 0 Å². The van der Waals surface area contributed by atoms with Gasteiger partial charge in [-0.1, -0.05) is 6.08 Å². The van der Waals surface area contributed by atoms with Gasteiger partial charge in [-0.25, -0.2) is 0 Å². The molecular formula is C9H19NO. The first-order valence-corrected chi connectivity index (χ1v) is 4.24. The fourth-order valence-corrected chi connectivity index (χ4v) is 0.853. The number of nitrogens with one attached hydrogen (secondary N) is 1. The molecule has 0 spiro atoms. The molecule has 0 saturated carbocycles. The molecule has 1 unspecified atom stereocenters. The van der Waals surface area contributed by atoms with Crippen LogP contribution in [0.15, 0.2) is 12.7 Å². The van der Waals surface area contributed by atoms with Gasteiger partial charge in [0.05, 0.1) is 6.10 Å². The Morgan fingerprint density at radius 1 is 1.64 bits per heavy atom. The molecule has 0 aromatic rings. The van der Waals surface area contributed by atoms with Gasteiger partial charge in [0.25, 0.3) is 0 Å². The minimum absolute atomic E-state index is 0.324. The van der Waals surface area contributed by atoms with E-state index in [-0.39, 0.29) is 0 Å². The van der Waals surface area contributed by atoms with E-state index in [1.807, 2.05) is 13.0 Å². The summed E-state index contributed by atoms with van der Waals surface area (Å²) in [6.07, 6.45) is 3.27. The van der Waals surface area contributed by atoms with Crippen molar-refractivity contribution in [3.8, 4) is 0 Å². The second-order valence-electron chi connectivity index (χ2n) is 2.55. The van der Waals surface area contributed by atoms with Gasteiger partial charge in [-0.3, -0.25) is 0 Å². The summed E-state index contributed by atoms with van der Waals surface area (Å²) in [7, 11) is 0. The average Bonchev–Trinajstić information content (AvgIpc) is 1.99. The van der Waals surface area contributed by atoms with E-state index in [0.717, 1.165) is 26.1 Å². The molecule has 0 heterocycles. The molecule has 1 atom stereocenters. The topological polar surface area (TPSA) is 21.3 Å². The van der Waals surface area contributed by atoms with Crippen molar-refractivity contribution in [1.29, 1.82) is 0 Å². The third kappa shape index (κ3) is 7.56. The molecule has 2 nitrogen and oxygen atoms in total. The second kappa shape index (κ2) is 7.76. The summed E-state index contributed by atoms with van der Waals surface area (Å²) >= 11 is 0. The molecule has 0 aliphatic rings. The lowest BCUT2D eigenvalue weighted by atomic mass is 10.3. The quantitative estimate of drug-likeness (QED) is 0.447. The third-order valence-corrected chi connectivity index (χ3v) is 1.41. The van der Waals surface area contributed by atoms with Crippen molar-refractivity contribution in [1.82, 2.24) is 5.32 Å². The second-order valence-corrected chi connectivity index (χ2v) is 2.55. The molecule has 0 bridgehead atoms. The van der Waals surface area contributed by atoms with E-state index in [1.54, 1.807) is 0 Å². The first-order chi connectivity index (χ1) is 5.31. The smallest absolute Gasteiger partial charge is 0.0671 e. The molecule has 1 N–H and O–H groups in total. The number of hydrogen-bond acceptors (Lipinski definition) is 2. The Morgan fingerprint density at radius 2 is 2.36 bits per heavy atom. The Kier molecular flexibility index (Phi) is 7.52. The zero-order valence-electron chi connectivity index (χ0n) is 7.60. The average molecular weight is 157 g/mol. The lowest BCUT2D eigenvalue weighted by molar-refractivity contribution is 0.0764. The Hall–Kier alpha value is -0.340. The van der Waals surface area contributed by atoms with Crippen LogP contribution >= 0.6 is 0 Å². The zero-order chi connectivity index (χ0) is 8.53. The maximum Gasteiger partial charge on any atom is 0.0671 e. The van der Waals surface area contributed by atoms with Crippen LogP contribution in [0.4, 0.5) is 0 Å². The number of rotatable bonds is 7. The van der Waals surface area contributed by atoms with Crippen molar-refractivity contribution in [2.75, 3.05) is 19.7 Å². The largest absolute Gasteiger partial charge is 0.377 e. The van der Waals surface area contributed by atoms with Gasteiger partial charge in [-0.2, -0.15) is 0 Å². The molecule has 2 heteroatoms. The fourth-order valence-electron chi connectivity index (χ4n) is 0.853. The van der Waals surface area contributed by atoms with Crippen LogP contribution < -0.4 is 5.32 Å². The highest BCUT2D eigenvalue weighted by atomic mass is 16.5. The van der Waals surface area contributed by atoms with Crippen molar-refractivity contribution < 1.29 is 4.74 Å². The van der Waals surface area contributed by atoms with Crippen LogP contribution in [-0.4, -0.2) is 25.8 Å². The third-order valence-electron chi connectivity index (χ3n) is 1.41. The molecule has 66 valence electrons. The SMILES string of the molecule is C=CCCNCC(C)OCC. The van der Waals surface area contributed by atoms with Gasteiger partial charge in [-0.05, 0) is 26.8 Å². The van der Waals surface area contributed by atoms with Crippen LogP contribution in [-0.2, 0) is 4.74 Å². The minimum Gasteiger partial charge on any atom is -0.377 e. The van der Waals surface area contributed by atoms with Crippen molar-refractivity contribution in [2.24, 2.45) is 0 Å². The minimum atomic E-state index is 0.324. The summed E-state index contributed by atoms with van der Waals surface area (Å²) in [5.74, 6) is 0. The van der Waals surface area contributed by atoms with Gasteiger partial charge in [0.2, 0.25) is 0 Å². The first kappa shape index (κ1) is 10.7. The van der Waals surface area contributed by atoms with Crippen LogP contribution in [0.3, 0.4) is 0 Å². The number of ether oxygens (including phenoxy) is 1. The monoisotopic (exact) mass is 157 g/mol. The van der Waals surface area contributed by atoms with Gasteiger partial charge < -0.3 is 10.1 Å². The van der Waals surface area contributed by atoms with Gasteiger partial charge in [0.1, 0.15) is 0 Å². The van der Waals surface area contributed by atoms with E-state index in [2.05, 4.69) is 18.8 Å². The highest BCUT2D eigenvalue weighted by molar-refractivity contribution is 4.68. The van der Waals surface area contributed by atoms with Gasteiger partial charge in [-0.15, -0.1) is 6.58 Å². The normalized spacial score (nSPS) is 12.9. The van der Waals surface area contributed by atoms with E-state index in [9.17, 15) is 0 Å². The first-order valence-electron chi connectivity index (χ1n) is 4.24. The lowest BCUT2D eigenvalue weighted by Gasteiger charge is -2.11. The molecule has 0 aliphatic heterocycles. The Bertz CT molecular complexity index is 93.6. The standard InChI is InChI=1S/C9H19NO/c1-4-6-7-10-8-9(3)11-5-2/h4,9-10H,1,5-8H2,2-3H3. The lowest BCUT2D eigenvalue weighted by Crippen LogP contribution is -2.27. The molecule has 0 aliphatic carbocycles. The van der Waals surface area contributed by atoms with Crippen molar-refractivity contribution in [2.45, 2.75) is 26.4 Å². The summed E-state index contributed by atoms with van der Waals surface area (Å²) in [5, 5.41) is 3.27. The summed E-state index contributed by atoms with van der Waals surface area (Å²) < 4.78 is 5.33. The summed E-state index contributed by atoms with van der Waals surface area (Å²) in [6.45, 7) is 10.5. The van der Waals surface area contributed by atoms with Crippen LogP contribution in [0, 0.1) is 0 Å². The van der Waals surface area contributed by atoms with E-state index >= 15 is 0 Å². The molecule has 0 saturated heterocycles. The fraction of sp³-hybridized carbons (Fsp3) is 0.778. The van der Waals surface area contributed by atoms with E-state index in [1.165, 1.54) is 0 Å². The molecule has 11 heavy (non-hydrogen) atoms. The molecule has 0 amide bonds. The van der Waals surface area contributed by atoms with Gasteiger partial charge in [0.15, 0.2) is 0 Å². The highest BCUT2D eigenvalue weighted by Crippen LogP contribution is 1.87. The van der Waals surface area contributed by atoms with Crippen molar-refractivity contribution in [3.05, 3.63) is 12.7 Å². The molecular weight excluding hydrogens is 138 g/mol. The van der Waals surface area contributed by atoms with Crippen molar-refractivity contribution >= 4 is 0 Å². The van der Waals surface area contributed by atoms with Crippen LogP contribution in [0.25, 0.3) is 0 Å². The van der Waals surface area contributed by atoms with Crippen LogP contribution in [0.2, 0.25) is 0 Å². The van der Waals surface area contributed by atoms with Crippen LogP contribution in [0.1, 0.15) is 20.3 Å². The van der Waals surface area contributed by atoms with E-state index in [0.29, 0.717) is 6.10 Å². The molecule has 0 aromatic heterocycles. The molecule has 0 aromatic carbocycles. The van der Waals surface area contributed by atoms with Gasteiger partial charge >= 0.3 is 0 Å². The maximum absolute atomic E-state index is 5.33. The summed E-state index contributed by atoms with van der Waals surface area (Å²) in [4.78, 5) is 0. The summed E-state index contributed by atoms with van der Waals surface area (Å²) in [6, 6.07) is 0. The van der Waals surface area contributed by atoms with Gasteiger partial charge in [0, 0.05) is 13.2 Å². The maximum atomic E-state index is 5.33. The molecule has 0 rings (SSSR count). The van der Waals surface area contributed by atoms with Crippen LogP contribution in [0.5, 0.6) is 0 Å². The molecule has 0 radical (unpaired) electrons. The Morgan fingerprint density at radius 3 is 2.91 bits per heavy atom. The predicted molar refractivity (Wildman–Crippen MR) is 48.8 cm³/mol. The predicted octanol–water partition coefficient (Wildman–Crippen LogP) is 1.58. The van der Waals surface area contributed by atoms with E-state index in [4.69, 9.17) is 4.74 Å². The Balaban J connectivity index is 3.03. The number of hydrogen-bond donors (Lipinski definition) is 1. The Labute approximate surface area is 69.6 Å².